The van der Waals surface area contributed by atoms with E-state index in [-0.39, 0.29) is 18.4 Å². The van der Waals surface area contributed by atoms with Gasteiger partial charge in [-0.3, -0.25) is 0 Å². The summed E-state index contributed by atoms with van der Waals surface area (Å²) in [5.41, 5.74) is 1.11. The number of hydrogen-bond acceptors (Lipinski definition) is 3. The van der Waals surface area contributed by atoms with Crippen molar-refractivity contribution in [2.45, 2.75) is 25.9 Å². The Morgan fingerprint density at radius 1 is 1.29 bits per heavy atom. The molecule has 1 unspecified atom stereocenters. The van der Waals surface area contributed by atoms with Gasteiger partial charge in [-0.1, -0.05) is 19.1 Å². The molecule has 1 aromatic rings. The first-order chi connectivity index (χ1) is 6.76. The van der Waals surface area contributed by atoms with Gasteiger partial charge >= 0.3 is 0 Å². The van der Waals surface area contributed by atoms with Gasteiger partial charge in [0.1, 0.15) is 5.75 Å². The van der Waals surface area contributed by atoms with E-state index in [1.54, 1.807) is 12.1 Å². The highest BCUT2D eigenvalue weighted by Crippen LogP contribution is 2.09. The standard InChI is InChI=1S/C11H17NO2/c1-2-10(8-13)12-7-9-3-5-11(14)6-4-9/h3-6,10,12-14H,2,7-8H2,1H3. The summed E-state index contributed by atoms with van der Waals surface area (Å²) in [5.74, 6) is 0.281. The summed E-state index contributed by atoms with van der Waals surface area (Å²) < 4.78 is 0. The minimum atomic E-state index is 0.156. The van der Waals surface area contributed by atoms with Crippen molar-refractivity contribution in [1.29, 1.82) is 0 Å². The van der Waals surface area contributed by atoms with E-state index in [0.29, 0.717) is 0 Å². The third-order valence-corrected chi connectivity index (χ3v) is 2.24. The molecular weight excluding hydrogens is 178 g/mol. The van der Waals surface area contributed by atoms with Crippen LogP contribution in [-0.2, 0) is 6.54 Å². The van der Waals surface area contributed by atoms with E-state index in [9.17, 15) is 0 Å². The minimum Gasteiger partial charge on any atom is -0.508 e. The summed E-state index contributed by atoms with van der Waals surface area (Å²) in [5, 5.41) is 21.2. The molecule has 0 aromatic heterocycles. The molecule has 0 heterocycles. The first kappa shape index (κ1) is 11.0. The van der Waals surface area contributed by atoms with Gasteiger partial charge in [0.15, 0.2) is 0 Å². The highest BCUT2D eigenvalue weighted by atomic mass is 16.3. The van der Waals surface area contributed by atoms with Crippen molar-refractivity contribution in [3.63, 3.8) is 0 Å². The van der Waals surface area contributed by atoms with Crippen LogP contribution < -0.4 is 5.32 Å². The molecule has 1 atom stereocenters. The minimum absolute atomic E-state index is 0.156. The van der Waals surface area contributed by atoms with Gasteiger partial charge in [0.2, 0.25) is 0 Å². The van der Waals surface area contributed by atoms with Crippen molar-refractivity contribution in [2.75, 3.05) is 6.61 Å². The molecule has 0 spiro atoms. The normalized spacial score (nSPS) is 12.7. The number of aromatic hydroxyl groups is 1. The number of hydrogen-bond donors (Lipinski definition) is 3. The Hall–Kier alpha value is -1.06. The van der Waals surface area contributed by atoms with Crippen LogP contribution in [0.5, 0.6) is 5.75 Å². The number of nitrogens with one attached hydrogen (secondary N) is 1. The monoisotopic (exact) mass is 195 g/mol. The molecule has 0 saturated heterocycles. The van der Waals surface area contributed by atoms with Gasteiger partial charge < -0.3 is 15.5 Å². The second-order valence-electron chi connectivity index (χ2n) is 3.34. The summed E-state index contributed by atoms with van der Waals surface area (Å²) in [4.78, 5) is 0. The van der Waals surface area contributed by atoms with Gasteiger partial charge in [-0.2, -0.15) is 0 Å². The van der Waals surface area contributed by atoms with Crippen molar-refractivity contribution >= 4 is 0 Å². The Kier molecular flexibility index (Phi) is 4.43. The lowest BCUT2D eigenvalue weighted by atomic mass is 10.2. The van der Waals surface area contributed by atoms with E-state index >= 15 is 0 Å². The van der Waals surface area contributed by atoms with Crippen LogP contribution in [0.3, 0.4) is 0 Å². The fourth-order valence-corrected chi connectivity index (χ4v) is 1.21. The zero-order chi connectivity index (χ0) is 10.4. The zero-order valence-corrected chi connectivity index (χ0v) is 8.40. The van der Waals surface area contributed by atoms with Crippen LogP contribution in [0.25, 0.3) is 0 Å². The highest BCUT2D eigenvalue weighted by Gasteiger charge is 2.02. The predicted octanol–water partition coefficient (Wildman–Crippen LogP) is 1.25. The quantitative estimate of drug-likeness (QED) is 0.663. The fraction of sp³-hybridized carbons (Fsp3) is 0.455. The van der Waals surface area contributed by atoms with Crippen LogP contribution in [0.1, 0.15) is 18.9 Å². The summed E-state index contributed by atoms with van der Waals surface area (Å²) >= 11 is 0. The van der Waals surface area contributed by atoms with Gasteiger partial charge in [0.05, 0.1) is 6.61 Å². The lowest BCUT2D eigenvalue weighted by Gasteiger charge is -2.13. The largest absolute Gasteiger partial charge is 0.508 e. The maximum Gasteiger partial charge on any atom is 0.115 e. The molecule has 0 bridgehead atoms. The second kappa shape index (κ2) is 5.62. The average Bonchev–Trinajstić information content (AvgIpc) is 2.22. The van der Waals surface area contributed by atoms with Crippen molar-refractivity contribution < 1.29 is 10.2 Å². The Balaban J connectivity index is 2.41. The smallest absolute Gasteiger partial charge is 0.115 e. The Morgan fingerprint density at radius 3 is 2.43 bits per heavy atom. The van der Waals surface area contributed by atoms with Crippen molar-refractivity contribution in [3.8, 4) is 5.75 Å². The van der Waals surface area contributed by atoms with Crippen LogP contribution in [0.15, 0.2) is 24.3 Å². The molecule has 0 aliphatic carbocycles. The molecule has 0 radical (unpaired) electrons. The molecular formula is C11H17NO2. The molecule has 0 aliphatic heterocycles. The van der Waals surface area contributed by atoms with Crippen LogP contribution in [0, 0.1) is 0 Å². The van der Waals surface area contributed by atoms with Crippen molar-refractivity contribution in [1.82, 2.24) is 5.32 Å². The number of aliphatic hydroxyl groups excluding tert-OH is 1. The van der Waals surface area contributed by atoms with E-state index in [1.165, 1.54) is 0 Å². The van der Waals surface area contributed by atoms with Gasteiger partial charge in [0.25, 0.3) is 0 Å². The Labute approximate surface area is 84.4 Å². The van der Waals surface area contributed by atoms with Gasteiger partial charge in [-0.15, -0.1) is 0 Å². The number of phenols is 1. The lowest BCUT2D eigenvalue weighted by molar-refractivity contribution is 0.238. The Bertz CT molecular complexity index is 254. The third kappa shape index (κ3) is 3.36. The Morgan fingerprint density at radius 2 is 1.93 bits per heavy atom. The van der Waals surface area contributed by atoms with Gasteiger partial charge in [-0.05, 0) is 24.1 Å². The molecule has 14 heavy (non-hydrogen) atoms. The van der Waals surface area contributed by atoms with E-state index in [2.05, 4.69) is 5.32 Å². The molecule has 1 rings (SSSR count). The van der Waals surface area contributed by atoms with Gasteiger partial charge in [0, 0.05) is 12.6 Å². The second-order valence-corrected chi connectivity index (χ2v) is 3.34. The summed E-state index contributed by atoms with van der Waals surface area (Å²) in [6, 6.07) is 7.22. The van der Waals surface area contributed by atoms with Crippen molar-refractivity contribution in [3.05, 3.63) is 29.8 Å². The summed E-state index contributed by atoms with van der Waals surface area (Å²) in [7, 11) is 0. The maximum absolute atomic E-state index is 9.07. The van der Waals surface area contributed by atoms with E-state index in [0.717, 1.165) is 18.5 Å². The lowest BCUT2D eigenvalue weighted by Crippen LogP contribution is -2.31. The third-order valence-electron chi connectivity index (χ3n) is 2.24. The van der Waals surface area contributed by atoms with E-state index < -0.39 is 0 Å². The zero-order valence-electron chi connectivity index (χ0n) is 8.40. The first-order valence-corrected chi connectivity index (χ1v) is 4.88. The number of rotatable bonds is 5. The number of phenolic OH excluding ortho intramolecular Hbond substituents is 1. The molecule has 3 nitrogen and oxygen atoms in total. The van der Waals surface area contributed by atoms with Crippen LogP contribution >= 0.6 is 0 Å². The number of benzene rings is 1. The SMILES string of the molecule is CCC(CO)NCc1ccc(O)cc1. The summed E-state index contributed by atoms with van der Waals surface area (Å²) in [6.45, 7) is 2.92. The molecule has 78 valence electrons. The molecule has 0 aliphatic rings. The topological polar surface area (TPSA) is 52.5 Å². The van der Waals surface area contributed by atoms with Crippen LogP contribution in [0.2, 0.25) is 0 Å². The molecule has 0 amide bonds. The van der Waals surface area contributed by atoms with E-state index in [1.807, 2.05) is 19.1 Å². The fourth-order valence-electron chi connectivity index (χ4n) is 1.21. The summed E-state index contributed by atoms with van der Waals surface area (Å²) in [6.07, 6.45) is 0.911. The van der Waals surface area contributed by atoms with E-state index in [4.69, 9.17) is 10.2 Å². The van der Waals surface area contributed by atoms with Crippen LogP contribution in [-0.4, -0.2) is 22.9 Å². The van der Waals surface area contributed by atoms with Crippen LogP contribution in [0.4, 0.5) is 0 Å². The number of aliphatic hydroxyl groups is 1. The predicted molar refractivity (Wildman–Crippen MR) is 56.1 cm³/mol. The maximum atomic E-state index is 9.07. The highest BCUT2D eigenvalue weighted by molar-refractivity contribution is 5.25. The molecule has 0 fully saturated rings. The first-order valence-electron chi connectivity index (χ1n) is 4.88. The molecule has 3 heteroatoms. The van der Waals surface area contributed by atoms with Gasteiger partial charge in [-0.25, -0.2) is 0 Å². The molecule has 0 saturated carbocycles. The molecule has 1 aromatic carbocycles. The average molecular weight is 195 g/mol. The molecule has 3 N–H and O–H groups in total. The van der Waals surface area contributed by atoms with Crippen molar-refractivity contribution in [2.24, 2.45) is 0 Å².